The summed E-state index contributed by atoms with van der Waals surface area (Å²) in [5, 5.41) is 0. The van der Waals surface area contributed by atoms with E-state index >= 15 is 0 Å². The van der Waals surface area contributed by atoms with Crippen molar-refractivity contribution < 1.29 is 14.3 Å². The molecule has 140 valence electrons. The molecule has 2 N–H and O–H groups in total. The Labute approximate surface area is 154 Å². The molecule has 0 saturated carbocycles. The van der Waals surface area contributed by atoms with Gasteiger partial charge in [-0.2, -0.15) is 0 Å². The fraction of sp³-hybridized carbons (Fsp3) is 0.600. The lowest BCUT2D eigenvalue weighted by molar-refractivity contribution is -0.133. The Hall–Kier alpha value is -2.08. The summed E-state index contributed by atoms with van der Waals surface area (Å²) in [5.74, 6) is 0.547. The Kier molecular flexibility index (Phi) is 4.85. The minimum atomic E-state index is -0.439. The summed E-state index contributed by atoms with van der Waals surface area (Å²) >= 11 is 0. The minimum absolute atomic E-state index is 0.133. The highest BCUT2D eigenvalue weighted by molar-refractivity contribution is 5.93. The maximum Gasteiger partial charge on any atom is 0.248 e. The second kappa shape index (κ2) is 7.27. The maximum absolute atomic E-state index is 12.5. The molecule has 3 heterocycles. The Morgan fingerprint density at radius 3 is 2.46 bits per heavy atom. The second-order valence-corrected chi connectivity index (χ2v) is 7.75. The lowest BCUT2D eigenvalue weighted by Crippen LogP contribution is -2.50. The van der Waals surface area contributed by atoms with E-state index in [-0.39, 0.29) is 12.0 Å². The molecule has 3 aliphatic rings. The molecule has 6 nitrogen and oxygen atoms in total. The maximum atomic E-state index is 12.5. The van der Waals surface area contributed by atoms with Gasteiger partial charge in [-0.3, -0.25) is 14.5 Å². The van der Waals surface area contributed by atoms with Gasteiger partial charge in [-0.25, -0.2) is 0 Å². The summed E-state index contributed by atoms with van der Waals surface area (Å²) in [6.07, 6.45) is 6.55. The SMILES string of the molecule is NC(=O)c1cccc(OC2C[C@H]3CC[C@@H](C2)N3CC(=O)N2CCCC2)c1. The molecule has 0 radical (unpaired) electrons. The Bertz CT molecular complexity index is 673. The van der Waals surface area contributed by atoms with Gasteiger partial charge in [-0.15, -0.1) is 0 Å². The number of benzene rings is 1. The number of nitrogens with zero attached hydrogens (tertiary/aromatic N) is 2. The number of likely N-dealkylation sites (tertiary alicyclic amines) is 1. The van der Waals surface area contributed by atoms with Gasteiger partial charge in [-0.1, -0.05) is 6.07 Å². The fourth-order valence-electron chi connectivity index (χ4n) is 4.72. The van der Waals surface area contributed by atoms with Crippen LogP contribution in [-0.2, 0) is 4.79 Å². The molecular weight excluding hydrogens is 330 g/mol. The van der Waals surface area contributed by atoms with Gasteiger partial charge in [0.25, 0.3) is 0 Å². The van der Waals surface area contributed by atoms with E-state index in [9.17, 15) is 9.59 Å². The Morgan fingerprint density at radius 1 is 1.12 bits per heavy atom. The summed E-state index contributed by atoms with van der Waals surface area (Å²) in [4.78, 5) is 28.3. The monoisotopic (exact) mass is 357 g/mol. The van der Waals surface area contributed by atoms with Crippen molar-refractivity contribution in [1.29, 1.82) is 0 Å². The van der Waals surface area contributed by atoms with E-state index < -0.39 is 5.91 Å². The third-order valence-corrected chi connectivity index (χ3v) is 6.04. The second-order valence-electron chi connectivity index (χ2n) is 7.75. The van der Waals surface area contributed by atoms with E-state index in [1.807, 2.05) is 11.0 Å². The molecule has 2 bridgehead atoms. The molecule has 1 aromatic carbocycles. The van der Waals surface area contributed by atoms with Crippen LogP contribution >= 0.6 is 0 Å². The molecule has 3 aliphatic heterocycles. The number of primary amides is 1. The highest BCUT2D eigenvalue weighted by Crippen LogP contribution is 2.37. The molecule has 3 atom stereocenters. The standard InChI is InChI=1S/C20H27N3O3/c21-20(25)14-4-3-5-17(10-14)26-18-11-15-6-7-16(12-18)23(15)13-19(24)22-8-1-2-9-22/h3-5,10,15-16,18H,1-2,6-9,11-13H2,(H2,21,25)/t15-,16+,18?. The summed E-state index contributed by atoms with van der Waals surface area (Å²) < 4.78 is 6.15. The number of piperidine rings is 1. The van der Waals surface area contributed by atoms with E-state index in [0.29, 0.717) is 29.9 Å². The first-order valence-corrected chi connectivity index (χ1v) is 9.70. The first kappa shape index (κ1) is 17.3. The number of carbonyl (C=O) groups is 2. The Morgan fingerprint density at radius 2 is 1.81 bits per heavy atom. The van der Waals surface area contributed by atoms with Gasteiger partial charge in [0.1, 0.15) is 11.9 Å². The number of fused-ring (bicyclic) bond motifs is 2. The summed E-state index contributed by atoms with van der Waals surface area (Å²) in [5.41, 5.74) is 5.82. The van der Waals surface area contributed by atoms with Gasteiger partial charge in [0.2, 0.25) is 11.8 Å². The smallest absolute Gasteiger partial charge is 0.248 e. The van der Waals surface area contributed by atoms with Gasteiger partial charge in [0.15, 0.2) is 0 Å². The van der Waals surface area contributed by atoms with Crippen LogP contribution < -0.4 is 10.5 Å². The van der Waals surface area contributed by atoms with Crippen molar-refractivity contribution in [2.45, 2.75) is 56.7 Å². The zero-order valence-electron chi connectivity index (χ0n) is 15.1. The number of nitrogens with two attached hydrogens (primary N) is 1. The fourth-order valence-corrected chi connectivity index (χ4v) is 4.72. The van der Waals surface area contributed by atoms with Crippen LogP contribution in [0.25, 0.3) is 0 Å². The summed E-state index contributed by atoms with van der Waals surface area (Å²) in [7, 11) is 0. The number of rotatable bonds is 5. The average Bonchev–Trinajstić information content (AvgIpc) is 3.23. The van der Waals surface area contributed by atoms with E-state index in [2.05, 4.69) is 4.90 Å². The molecule has 3 fully saturated rings. The van der Waals surface area contributed by atoms with Gasteiger partial charge in [-0.05, 0) is 56.7 Å². The van der Waals surface area contributed by atoms with Crippen LogP contribution in [-0.4, -0.2) is 59.4 Å². The minimum Gasteiger partial charge on any atom is -0.490 e. The normalized spacial score (nSPS) is 28.3. The van der Waals surface area contributed by atoms with E-state index in [4.69, 9.17) is 10.5 Å². The summed E-state index contributed by atoms with van der Waals surface area (Å²) in [6, 6.07) is 7.93. The molecule has 6 heteroatoms. The number of ether oxygens (including phenoxy) is 1. The average molecular weight is 357 g/mol. The van der Waals surface area contributed by atoms with Crippen molar-refractivity contribution >= 4 is 11.8 Å². The lowest BCUT2D eigenvalue weighted by atomic mass is 9.99. The van der Waals surface area contributed by atoms with Crippen molar-refractivity contribution in [2.24, 2.45) is 5.73 Å². The predicted molar refractivity (Wildman–Crippen MR) is 97.9 cm³/mol. The number of carbonyl (C=O) groups excluding carboxylic acids is 2. The quantitative estimate of drug-likeness (QED) is 0.872. The zero-order valence-corrected chi connectivity index (χ0v) is 15.1. The van der Waals surface area contributed by atoms with Gasteiger partial charge in [0.05, 0.1) is 6.54 Å². The first-order valence-electron chi connectivity index (χ1n) is 9.70. The van der Waals surface area contributed by atoms with Crippen molar-refractivity contribution in [1.82, 2.24) is 9.80 Å². The highest BCUT2D eigenvalue weighted by atomic mass is 16.5. The van der Waals surface area contributed by atoms with E-state index in [0.717, 1.165) is 51.6 Å². The largest absolute Gasteiger partial charge is 0.490 e. The molecule has 0 aliphatic carbocycles. The third kappa shape index (κ3) is 3.56. The third-order valence-electron chi connectivity index (χ3n) is 6.04. The number of hydrogen-bond acceptors (Lipinski definition) is 4. The van der Waals surface area contributed by atoms with Crippen LogP contribution in [0.3, 0.4) is 0 Å². The molecule has 4 rings (SSSR count). The van der Waals surface area contributed by atoms with Gasteiger partial charge in [0, 0.05) is 30.7 Å². The highest BCUT2D eigenvalue weighted by Gasteiger charge is 2.42. The molecule has 3 saturated heterocycles. The molecule has 1 unspecified atom stereocenters. The zero-order chi connectivity index (χ0) is 18.1. The van der Waals surface area contributed by atoms with Crippen LogP contribution in [0.1, 0.15) is 48.9 Å². The van der Waals surface area contributed by atoms with E-state index in [1.165, 1.54) is 0 Å². The van der Waals surface area contributed by atoms with Crippen molar-refractivity contribution in [3.63, 3.8) is 0 Å². The van der Waals surface area contributed by atoms with Crippen LogP contribution in [0.15, 0.2) is 24.3 Å². The van der Waals surface area contributed by atoms with Crippen molar-refractivity contribution in [3.8, 4) is 5.75 Å². The predicted octanol–water partition coefficient (Wildman–Crippen LogP) is 1.78. The van der Waals surface area contributed by atoms with Crippen LogP contribution in [0.2, 0.25) is 0 Å². The van der Waals surface area contributed by atoms with E-state index in [1.54, 1.807) is 18.2 Å². The van der Waals surface area contributed by atoms with Crippen LogP contribution in [0.5, 0.6) is 5.75 Å². The van der Waals surface area contributed by atoms with Gasteiger partial charge < -0.3 is 15.4 Å². The van der Waals surface area contributed by atoms with Crippen LogP contribution in [0, 0.1) is 0 Å². The molecule has 0 aromatic heterocycles. The lowest BCUT2D eigenvalue weighted by Gasteiger charge is -2.39. The van der Waals surface area contributed by atoms with Gasteiger partial charge >= 0.3 is 0 Å². The molecular formula is C20H27N3O3. The Balaban J connectivity index is 1.36. The summed E-state index contributed by atoms with van der Waals surface area (Å²) in [6.45, 7) is 2.40. The van der Waals surface area contributed by atoms with Crippen LogP contribution in [0.4, 0.5) is 0 Å². The first-order chi connectivity index (χ1) is 12.6. The molecule has 0 spiro atoms. The van der Waals surface area contributed by atoms with Crippen molar-refractivity contribution in [3.05, 3.63) is 29.8 Å². The molecule has 1 aromatic rings. The topological polar surface area (TPSA) is 75.9 Å². The molecule has 2 amide bonds. The van der Waals surface area contributed by atoms with Crippen molar-refractivity contribution in [2.75, 3.05) is 19.6 Å². The number of amides is 2. The molecule has 26 heavy (non-hydrogen) atoms. The number of hydrogen-bond donors (Lipinski definition) is 1.